The molecule has 1 amide bonds. The zero-order chi connectivity index (χ0) is 16.6. The molecule has 0 bridgehead atoms. The Bertz CT molecular complexity index is 508. The third-order valence-electron chi connectivity index (χ3n) is 2.52. The summed E-state index contributed by atoms with van der Waals surface area (Å²) in [5.74, 6) is 0.478. The molecule has 0 saturated carbocycles. The molecule has 0 saturated heterocycles. The minimum absolute atomic E-state index is 0.0843. The monoisotopic (exact) mass is 309 g/mol. The van der Waals surface area contributed by atoms with Crippen LogP contribution in [0.3, 0.4) is 0 Å². The lowest BCUT2D eigenvalue weighted by Gasteiger charge is -2.19. The molecule has 22 heavy (non-hydrogen) atoms. The summed E-state index contributed by atoms with van der Waals surface area (Å²) in [5.41, 5.74) is -0.0271. The maximum Gasteiger partial charge on any atom is 0.407 e. The number of methoxy groups -OCH3 is 1. The van der Waals surface area contributed by atoms with E-state index in [2.05, 4.69) is 5.32 Å². The van der Waals surface area contributed by atoms with Gasteiger partial charge in [0, 0.05) is 25.6 Å². The van der Waals surface area contributed by atoms with Crippen LogP contribution in [0, 0.1) is 0 Å². The van der Waals surface area contributed by atoms with Gasteiger partial charge in [-0.25, -0.2) is 4.79 Å². The zero-order valence-electron chi connectivity index (χ0n) is 13.5. The summed E-state index contributed by atoms with van der Waals surface area (Å²) >= 11 is 0. The summed E-state index contributed by atoms with van der Waals surface area (Å²) in [7, 11) is 1.53. The van der Waals surface area contributed by atoms with Gasteiger partial charge in [0.05, 0.1) is 0 Å². The fourth-order valence-corrected chi connectivity index (χ4v) is 1.62. The molecule has 1 N–H and O–H groups in total. The zero-order valence-corrected chi connectivity index (χ0v) is 13.5. The molecule has 0 heterocycles. The van der Waals surface area contributed by atoms with E-state index in [1.165, 1.54) is 7.11 Å². The Kier molecular flexibility index (Phi) is 6.85. The molecule has 0 unspecified atom stereocenters. The normalized spacial score (nSPS) is 10.9. The number of carbonyl (C=O) groups excluding carboxylic acids is 2. The molecule has 0 radical (unpaired) electrons. The van der Waals surface area contributed by atoms with Gasteiger partial charge in [-0.3, -0.25) is 4.79 Å². The SMILES string of the molecule is COCOc1cccc(C(=O)CCNC(=O)OC(C)(C)C)c1. The lowest BCUT2D eigenvalue weighted by atomic mass is 10.1. The van der Waals surface area contributed by atoms with Crippen LogP contribution < -0.4 is 10.1 Å². The van der Waals surface area contributed by atoms with Crippen LogP contribution in [-0.4, -0.2) is 37.9 Å². The third-order valence-corrected chi connectivity index (χ3v) is 2.52. The van der Waals surface area contributed by atoms with Gasteiger partial charge in [-0.05, 0) is 32.9 Å². The van der Waals surface area contributed by atoms with Gasteiger partial charge in [0.25, 0.3) is 0 Å². The molecule has 0 aromatic heterocycles. The number of ether oxygens (including phenoxy) is 3. The van der Waals surface area contributed by atoms with E-state index in [-0.39, 0.29) is 25.5 Å². The summed E-state index contributed by atoms with van der Waals surface area (Å²) in [6.45, 7) is 5.69. The Balaban J connectivity index is 2.44. The minimum Gasteiger partial charge on any atom is -0.468 e. The first-order valence-corrected chi connectivity index (χ1v) is 7.03. The predicted octanol–water partition coefficient (Wildman–Crippen LogP) is 2.77. The van der Waals surface area contributed by atoms with Crippen LogP contribution in [-0.2, 0) is 9.47 Å². The molecular formula is C16H23NO5. The lowest BCUT2D eigenvalue weighted by Crippen LogP contribution is -2.33. The van der Waals surface area contributed by atoms with Crippen molar-refractivity contribution < 1.29 is 23.8 Å². The predicted molar refractivity (Wildman–Crippen MR) is 82.1 cm³/mol. The molecule has 0 aliphatic rings. The van der Waals surface area contributed by atoms with Crippen LogP contribution in [0.4, 0.5) is 4.79 Å². The second-order valence-corrected chi connectivity index (χ2v) is 5.68. The molecule has 1 aromatic carbocycles. The first-order chi connectivity index (χ1) is 10.3. The van der Waals surface area contributed by atoms with Gasteiger partial charge >= 0.3 is 6.09 Å². The lowest BCUT2D eigenvalue weighted by molar-refractivity contribution is 0.0508. The van der Waals surface area contributed by atoms with Gasteiger partial charge in [0.1, 0.15) is 11.4 Å². The Hall–Kier alpha value is -2.08. The van der Waals surface area contributed by atoms with Gasteiger partial charge in [0.15, 0.2) is 12.6 Å². The molecule has 0 aliphatic heterocycles. The summed E-state index contributed by atoms with van der Waals surface area (Å²) in [4.78, 5) is 23.5. The number of hydrogen-bond donors (Lipinski definition) is 1. The molecule has 1 aromatic rings. The van der Waals surface area contributed by atoms with Crippen LogP contribution in [0.5, 0.6) is 5.75 Å². The Morgan fingerprint density at radius 2 is 1.95 bits per heavy atom. The van der Waals surface area contributed by atoms with Gasteiger partial charge < -0.3 is 19.5 Å². The van der Waals surface area contributed by atoms with Crippen molar-refractivity contribution in [3.63, 3.8) is 0 Å². The van der Waals surface area contributed by atoms with Crippen LogP contribution in [0.1, 0.15) is 37.6 Å². The van der Waals surface area contributed by atoms with E-state index in [0.29, 0.717) is 11.3 Å². The third kappa shape index (κ3) is 7.08. The number of amides is 1. The van der Waals surface area contributed by atoms with Crippen LogP contribution in [0.2, 0.25) is 0 Å². The molecule has 0 aliphatic carbocycles. The molecule has 1 rings (SSSR count). The first-order valence-electron chi connectivity index (χ1n) is 7.03. The fraction of sp³-hybridized carbons (Fsp3) is 0.500. The second kappa shape index (κ2) is 8.38. The molecular weight excluding hydrogens is 286 g/mol. The molecule has 0 fully saturated rings. The average molecular weight is 309 g/mol. The quantitative estimate of drug-likeness (QED) is 0.619. The summed E-state index contributed by atoms with van der Waals surface area (Å²) in [5, 5.41) is 2.56. The Morgan fingerprint density at radius 3 is 2.59 bits per heavy atom. The number of Topliss-reactive ketones (excluding diaryl/α,β-unsaturated/α-hetero) is 1. The molecule has 0 spiro atoms. The highest BCUT2D eigenvalue weighted by Gasteiger charge is 2.16. The van der Waals surface area contributed by atoms with Gasteiger partial charge in [-0.15, -0.1) is 0 Å². The topological polar surface area (TPSA) is 73.9 Å². The summed E-state index contributed by atoms with van der Waals surface area (Å²) < 4.78 is 15.2. The number of alkyl carbamates (subject to hydrolysis) is 1. The summed E-state index contributed by atoms with van der Waals surface area (Å²) in [6, 6.07) is 6.83. The summed E-state index contributed by atoms with van der Waals surface area (Å²) in [6.07, 6.45) is -0.343. The average Bonchev–Trinajstić information content (AvgIpc) is 2.43. The van der Waals surface area contributed by atoms with Gasteiger partial charge in [-0.1, -0.05) is 12.1 Å². The minimum atomic E-state index is -0.554. The number of rotatable bonds is 7. The molecule has 0 atom stereocenters. The maximum atomic E-state index is 12.1. The van der Waals surface area contributed by atoms with E-state index in [9.17, 15) is 9.59 Å². The highest BCUT2D eigenvalue weighted by atomic mass is 16.7. The van der Waals surface area contributed by atoms with E-state index in [1.54, 1.807) is 45.0 Å². The molecule has 6 nitrogen and oxygen atoms in total. The van der Waals surface area contributed by atoms with E-state index < -0.39 is 11.7 Å². The van der Waals surface area contributed by atoms with Crippen molar-refractivity contribution in [1.29, 1.82) is 0 Å². The van der Waals surface area contributed by atoms with Gasteiger partial charge in [-0.2, -0.15) is 0 Å². The first kappa shape index (κ1) is 18.0. The molecule has 6 heteroatoms. The highest BCUT2D eigenvalue weighted by Crippen LogP contribution is 2.14. The molecule has 122 valence electrons. The second-order valence-electron chi connectivity index (χ2n) is 5.68. The smallest absolute Gasteiger partial charge is 0.407 e. The highest BCUT2D eigenvalue weighted by molar-refractivity contribution is 5.96. The number of benzene rings is 1. The fourth-order valence-electron chi connectivity index (χ4n) is 1.62. The van der Waals surface area contributed by atoms with Crippen LogP contribution >= 0.6 is 0 Å². The van der Waals surface area contributed by atoms with Gasteiger partial charge in [0.2, 0.25) is 0 Å². The number of hydrogen-bond acceptors (Lipinski definition) is 5. The van der Waals surface area contributed by atoms with E-state index >= 15 is 0 Å². The maximum absolute atomic E-state index is 12.1. The Morgan fingerprint density at radius 1 is 1.23 bits per heavy atom. The van der Waals surface area contributed by atoms with Crippen molar-refractivity contribution in [2.75, 3.05) is 20.4 Å². The van der Waals surface area contributed by atoms with Crippen molar-refractivity contribution in [3.8, 4) is 5.75 Å². The standard InChI is InChI=1S/C16H23NO5/c1-16(2,3)22-15(19)17-9-8-14(18)12-6-5-7-13(10-12)21-11-20-4/h5-7,10H,8-9,11H2,1-4H3,(H,17,19). The van der Waals surface area contributed by atoms with Crippen LogP contribution in [0.25, 0.3) is 0 Å². The van der Waals surface area contributed by atoms with Crippen molar-refractivity contribution in [1.82, 2.24) is 5.32 Å². The van der Waals surface area contributed by atoms with Crippen molar-refractivity contribution in [2.24, 2.45) is 0 Å². The van der Waals surface area contributed by atoms with Crippen molar-refractivity contribution in [3.05, 3.63) is 29.8 Å². The van der Waals surface area contributed by atoms with E-state index in [0.717, 1.165) is 0 Å². The van der Waals surface area contributed by atoms with E-state index in [1.807, 2.05) is 0 Å². The number of nitrogens with one attached hydrogen (secondary N) is 1. The number of ketones is 1. The van der Waals surface area contributed by atoms with E-state index in [4.69, 9.17) is 14.2 Å². The number of carbonyl (C=O) groups is 2. The van der Waals surface area contributed by atoms with Crippen molar-refractivity contribution in [2.45, 2.75) is 32.8 Å². The van der Waals surface area contributed by atoms with Crippen LogP contribution in [0.15, 0.2) is 24.3 Å². The van der Waals surface area contributed by atoms with Crippen molar-refractivity contribution >= 4 is 11.9 Å². The Labute approximate surface area is 130 Å². The largest absolute Gasteiger partial charge is 0.468 e.